The number of nitrogens with one attached hydrogen (secondary N) is 1. The van der Waals surface area contributed by atoms with Crippen LogP contribution < -0.4 is 4.90 Å². The third kappa shape index (κ3) is 4.97. The van der Waals surface area contributed by atoms with E-state index < -0.39 is 6.61 Å². The van der Waals surface area contributed by atoms with Crippen molar-refractivity contribution in [3.63, 3.8) is 0 Å². The van der Waals surface area contributed by atoms with Gasteiger partial charge >= 0.3 is 6.61 Å². The average Bonchev–Trinajstić information content (AvgIpc) is 3.56. The van der Waals surface area contributed by atoms with Gasteiger partial charge < -0.3 is 14.5 Å². The minimum absolute atomic E-state index is 0.0762. The second kappa shape index (κ2) is 10.2. The van der Waals surface area contributed by atoms with E-state index in [1.54, 1.807) is 4.90 Å². The van der Waals surface area contributed by atoms with Crippen LogP contribution in [0.1, 0.15) is 49.1 Å². The summed E-state index contributed by atoms with van der Waals surface area (Å²) in [5.74, 6) is 0.523. The Balaban J connectivity index is 1.33. The number of aryl methyl sites for hydroxylation is 1. The second-order valence-electron chi connectivity index (χ2n) is 12.5. The van der Waals surface area contributed by atoms with Gasteiger partial charge in [0.05, 0.1) is 18.3 Å². The monoisotopic (exact) mass is 560 g/mol. The summed E-state index contributed by atoms with van der Waals surface area (Å²) in [7, 11) is 0. The lowest BCUT2D eigenvalue weighted by Crippen LogP contribution is -2.59. The molecule has 0 bridgehead atoms. The van der Waals surface area contributed by atoms with E-state index >= 15 is 0 Å². The first kappa shape index (κ1) is 27.3. The van der Waals surface area contributed by atoms with E-state index in [9.17, 15) is 18.8 Å². The van der Waals surface area contributed by atoms with Crippen molar-refractivity contribution in [1.82, 2.24) is 20.1 Å². The van der Waals surface area contributed by atoms with Crippen molar-refractivity contribution in [2.75, 3.05) is 37.7 Å². The van der Waals surface area contributed by atoms with Crippen LogP contribution >= 0.6 is 0 Å². The number of carbonyl (C=O) groups is 1. The van der Waals surface area contributed by atoms with Crippen LogP contribution in [0.15, 0.2) is 30.5 Å². The maximum atomic E-state index is 12.5. The Morgan fingerprint density at radius 3 is 2.80 bits per heavy atom. The lowest BCUT2D eigenvalue weighted by molar-refractivity contribution is -0.137. The minimum atomic E-state index is -2.86. The van der Waals surface area contributed by atoms with Crippen molar-refractivity contribution in [2.24, 2.45) is 10.8 Å². The number of halogens is 2. The van der Waals surface area contributed by atoms with E-state index in [1.807, 2.05) is 12.3 Å². The molecule has 3 aliphatic rings. The van der Waals surface area contributed by atoms with Gasteiger partial charge in [0.15, 0.2) is 0 Å². The number of rotatable bonds is 6. The van der Waals surface area contributed by atoms with Crippen LogP contribution in [0.25, 0.3) is 22.0 Å². The molecule has 0 unspecified atom stereocenters. The molecule has 1 amide bonds. The van der Waals surface area contributed by atoms with Crippen LogP contribution in [0.4, 0.5) is 14.6 Å². The number of carbonyl (C=O) groups excluding carboxylic acids is 1. The summed E-state index contributed by atoms with van der Waals surface area (Å²) in [6.07, 6.45) is 8.09. The summed E-state index contributed by atoms with van der Waals surface area (Å²) in [5, 5.41) is 19.0. The molecule has 41 heavy (non-hydrogen) atoms. The van der Waals surface area contributed by atoms with Gasteiger partial charge in [0.1, 0.15) is 17.5 Å². The van der Waals surface area contributed by atoms with E-state index in [4.69, 9.17) is 4.98 Å². The first-order chi connectivity index (χ1) is 19.6. The summed E-state index contributed by atoms with van der Waals surface area (Å²) < 4.78 is 28.5. The molecule has 1 aromatic carbocycles. The van der Waals surface area contributed by atoms with Gasteiger partial charge in [-0.2, -0.15) is 19.1 Å². The first-order valence-electron chi connectivity index (χ1n) is 14.1. The highest BCUT2D eigenvalue weighted by atomic mass is 19.3. The SMILES string of the molecule is Cc1ccc2[nH]ncc2c1-c1c(C#N)c(N2CCC3(CN(C(=O)C=CCOC(F)F)C3)C2)nc2c1CCC(C)(C)C2. The first-order valence-corrected chi connectivity index (χ1v) is 14.1. The Morgan fingerprint density at radius 1 is 1.24 bits per heavy atom. The highest BCUT2D eigenvalue weighted by Crippen LogP contribution is 2.47. The zero-order valence-electron chi connectivity index (χ0n) is 23.6. The van der Waals surface area contributed by atoms with Crippen molar-refractivity contribution in [3.05, 3.63) is 52.9 Å². The van der Waals surface area contributed by atoms with Gasteiger partial charge in [-0.15, -0.1) is 0 Å². The van der Waals surface area contributed by atoms with Gasteiger partial charge in [-0.05, 0) is 60.8 Å². The predicted octanol–water partition coefficient (Wildman–Crippen LogP) is 5.15. The third-order valence-corrected chi connectivity index (χ3v) is 8.94. The van der Waals surface area contributed by atoms with E-state index in [0.717, 1.165) is 71.3 Å². The Bertz CT molecular complexity index is 1580. The molecule has 6 rings (SSSR count). The molecule has 3 aromatic rings. The van der Waals surface area contributed by atoms with E-state index in [-0.39, 0.29) is 23.3 Å². The fourth-order valence-electron chi connectivity index (χ4n) is 6.82. The van der Waals surface area contributed by atoms with Gasteiger partial charge in [-0.3, -0.25) is 9.89 Å². The summed E-state index contributed by atoms with van der Waals surface area (Å²) in [6.45, 7) is 6.09. The minimum Gasteiger partial charge on any atom is -0.355 e. The number of ether oxygens (including phenoxy) is 1. The highest BCUT2D eigenvalue weighted by molar-refractivity contribution is 5.99. The van der Waals surface area contributed by atoms with Crippen molar-refractivity contribution < 1.29 is 18.3 Å². The van der Waals surface area contributed by atoms with Gasteiger partial charge in [0.25, 0.3) is 0 Å². The second-order valence-corrected chi connectivity index (χ2v) is 12.5. The van der Waals surface area contributed by atoms with Gasteiger partial charge in [0, 0.05) is 54.3 Å². The number of nitriles is 1. The quantitative estimate of drug-likeness (QED) is 0.419. The highest BCUT2D eigenvalue weighted by Gasteiger charge is 2.49. The number of nitrogens with zero attached hydrogens (tertiary/aromatic N) is 5. The summed E-state index contributed by atoms with van der Waals surface area (Å²) in [4.78, 5) is 21.7. The number of pyridine rings is 1. The molecule has 1 aliphatic carbocycles. The van der Waals surface area contributed by atoms with E-state index in [1.165, 1.54) is 17.7 Å². The zero-order chi connectivity index (χ0) is 28.9. The average molecular weight is 561 g/mol. The molecule has 0 radical (unpaired) electrons. The largest absolute Gasteiger partial charge is 0.355 e. The van der Waals surface area contributed by atoms with Crippen molar-refractivity contribution in [1.29, 1.82) is 5.26 Å². The normalized spacial score (nSPS) is 19.2. The van der Waals surface area contributed by atoms with Crippen molar-refractivity contribution in [3.8, 4) is 17.2 Å². The van der Waals surface area contributed by atoms with E-state index in [2.05, 4.69) is 52.7 Å². The third-order valence-electron chi connectivity index (χ3n) is 8.94. The number of likely N-dealkylation sites (tertiary alicyclic amines) is 1. The van der Waals surface area contributed by atoms with Crippen LogP contribution in [-0.2, 0) is 22.4 Å². The maximum Gasteiger partial charge on any atom is 0.345 e. The van der Waals surface area contributed by atoms with Gasteiger partial charge in [0.2, 0.25) is 5.91 Å². The molecule has 2 aromatic heterocycles. The van der Waals surface area contributed by atoms with Crippen molar-refractivity contribution >= 4 is 22.6 Å². The number of hydrogen-bond acceptors (Lipinski definition) is 6. The number of benzene rings is 1. The lowest BCUT2D eigenvalue weighted by atomic mass is 9.73. The lowest BCUT2D eigenvalue weighted by Gasteiger charge is -2.47. The van der Waals surface area contributed by atoms with Crippen LogP contribution in [0.3, 0.4) is 0 Å². The molecule has 2 aliphatic heterocycles. The summed E-state index contributed by atoms with van der Waals surface area (Å²) in [5.41, 5.74) is 6.93. The Morgan fingerprint density at radius 2 is 2.05 bits per heavy atom. The fourth-order valence-corrected chi connectivity index (χ4v) is 6.82. The molecule has 2 fully saturated rings. The van der Waals surface area contributed by atoms with Crippen LogP contribution in [-0.4, -0.2) is 65.4 Å². The Kier molecular flexibility index (Phi) is 6.81. The molecule has 10 heteroatoms. The maximum absolute atomic E-state index is 12.5. The predicted molar refractivity (Wildman–Crippen MR) is 152 cm³/mol. The van der Waals surface area contributed by atoms with Crippen LogP contribution in [0.5, 0.6) is 0 Å². The number of H-pyrrole nitrogens is 1. The molecule has 214 valence electrons. The number of aromatic amines is 1. The molecule has 0 atom stereocenters. The number of alkyl halides is 2. The molecule has 0 saturated carbocycles. The van der Waals surface area contributed by atoms with Gasteiger partial charge in [-0.1, -0.05) is 26.0 Å². The topological polar surface area (TPSA) is 98.1 Å². The number of aromatic nitrogens is 3. The number of anilines is 1. The Labute approximate surface area is 238 Å². The number of fused-ring (bicyclic) bond motifs is 2. The van der Waals surface area contributed by atoms with E-state index in [0.29, 0.717) is 25.2 Å². The number of amides is 1. The van der Waals surface area contributed by atoms with Gasteiger partial charge in [-0.25, -0.2) is 4.98 Å². The summed E-state index contributed by atoms with van der Waals surface area (Å²) in [6, 6.07) is 6.65. The molecule has 1 spiro atoms. The van der Waals surface area contributed by atoms with Crippen LogP contribution in [0.2, 0.25) is 0 Å². The smallest absolute Gasteiger partial charge is 0.345 e. The molecule has 2 saturated heterocycles. The Hall–Kier alpha value is -3.84. The molecule has 1 N–H and O–H groups in total. The van der Waals surface area contributed by atoms with Crippen molar-refractivity contribution in [2.45, 2.75) is 53.1 Å². The molecule has 8 nitrogen and oxygen atoms in total. The molecular weight excluding hydrogens is 526 g/mol. The molecular formula is C31H34F2N6O2. The summed E-state index contributed by atoms with van der Waals surface area (Å²) >= 11 is 0. The zero-order valence-corrected chi connectivity index (χ0v) is 23.6. The number of hydrogen-bond donors (Lipinski definition) is 1. The fraction of sp³-hybridized carbons (Fsp3) is 0.484. The standard InChI is InChI=1S/C31H34F2N6O2/c1-19-6-7-23-22(15-35-37-23)26(19)27-20-8-9-30(2,3)13-24(20)36-28(21(27)14-34)38-11-10-31(16-38)17-39(18-31)25(40)5-4-12-41-29(32)33/h4-7,15,29H,8-13,16-18H2,1-3H3,(H,35,37). The van der Waals surface area contributed by atoms with Crippen LogP contribution in [0, 0.1) is 29.1 Å². The molecule has 4 heterocycles.